The Morgan fingerprint density at radius 1 is 1.15 bits per heavy atom. The fourth-order valence-corrected chi connectivity index (χ4v) is 4.99. The van der Waals surface area contributed by atoms with E-state index >= 15 is 0 Å². The van der Waals surface area contributed by atoms with Crippen LogP contribution in [0.2, 0.25) is 0 Å². The molecule has 1 N–H and O–H groups in total. The predicted octanol–water partition coefficient (Wildman–Crippen LogP) is 5.97. The molecule has 146 valence electrons. The molecule has 0 saturated heterocycles. The highest BCUT2D eigenvalue weighted by atomic mass is 16.5. The van der Waals surface area contributed by atoms with Gasteiger partial charge < -0.3 is 9.84 Å². The summed E-state index contributed by atoms with van der Waals surface area (Å²) in [6, 6.07) is 4.71. The van der Waals surface area contributed by atoms with E-state index in [2.05, 4.69) is 52.8 Å². The molecule has 0 amide bonds. The average molecular weight is 369 g/mol. The maximum atomic E-state index is 10.8. The number of rotatable bonds is 4. The zero-order valence-corrected chi connectivity index (χ0v) is 17.4. The van der Waals surface area contributed by atoms with Crippen molar-refractivity contribution in [3.05, 3.63) is 58.2 Å². The zero-order valence-electron chi connectivity index (χ0n) is 17.4. The molecule has 1 aliphatic carbocycles. The minimum absolute atomic E-state index is 0.254. The Morgan fingerprint density at radius 2 is 1.78 bits per heavy atom. The summed E-state index contributed by atoms with van der Waals surface area (Å²) in [7, 11) is 0. The molecule has 1 heterocycles. The van der Waals surface area contributed by atoms with Crippen molar-refractivity contribution in [2.75, 3.05) is 0 Å². The minimum atomic E-state index is -0.889. The molecule has 1 aromatic carbocycles. The lowest BCUT2D eigenvalue weighted by molar-refractivity contribution is -0.131. The van der Waals surface area contributed by atoms with Crippen LogP contribution in [-0.4, -0.2) is 11.1 Å². The quantitative estimate of drug-likeness (QED) is 0.526. The summed E-state index contributed by atoms with van der Waals surface area (Å²) >= 11 is 0. The van der Waals surface area contributed by atoms with E-state index in [0.29, 0.717) is 11.8 Å². The molecule has 0 spiro atoms. The normalized spacial score (nSPS) is 26.5. The van der Waals surface area contributed by atoms with Crippen molar-refractivity contribution in [3.8, 4) is 0 Å². The van der Waals surface area contributed by atoms with Crippen molar-refractivity contribution in [1.29, 1.82) is 0 Å². The molecule has 2 aliphatic rings. The lowest BCUT2D eigenvalue weighted by atomic mass is 9.80. The van der Waals surface area contributed by atoms with Crippen molar-refractivity contribution in [2.24, 2.45) is 5.92 Å². The zero-order chi connectivity index (χ0) is 20.0. The molecule has 0 bridgehead atoms. The van der Waals surface area contributed by atoms with Crippen LogP contribution in [0.25, 0.3) is 0 Å². The molecule has 1 fully saturated rings. The molecule has 1 saturated carbocycles. The van der Waals surface area contributed by atoms with Crippen LogP contribution in [0.15, 0.2) is 35.9 Å². The van der Waals surface area contributed by atoms with Crippen LogP contribution in [0.3, 0.4) is 0 Å². The molecular formula is C24H32O3. The second kappa shape index (κ2) is 6.94. The van der Waals surface area contributed by atoms with Gasteiger partial charge in [-0.1, -0.05) is 30.7 Å². The van der Waals surface area contributed by atoms with Crippen LogP contribution in [0.5, 0.6) is 0 Å². The molecule has 0 aromatic heterocycles. The lowest BCUT2D eigenvalue weighted by Crippen LogP contribution is -2.22. The summed E-state index contributed by atoms with van der Waals surface area (Å²) in [4.78, 5) is 10.8. The van der Waals surface area contributed by atoms with Gasteiger partial charge in [0, 0.05) is 6.08 Å². The monoisotopic (exact) mass is 368 g/mol. The first-order valence-electron chi connectivity index (χ1n) is 9.96. The number of carbonyl (C=O) groups is 1. The number of hydrogen-bond acceptors (Lipinski definition) is 2. The Morgan fingerprint density at radius 3 is 2.41 bits per heavy atom. The third-order valence-electron chi connectivity index (χ3n) is 6.14. The van der Waals surface area contributed by atoms with E-state index in [1.165, 1.54) is 41.2 Å². The van der Waals surface area contributed by atoms with Gasteiger partial charge in [-0.2, -0.15) is 0 Å². The van der Waals surface area contributed by atoms with Gasteiger partial charge in [0.25, 0.3) is 0 Å². The molecule has 3 heteroatoms. The summed E-state index contributed by atoms with van der Waals surface area (Å²) in [5.41, 5.74) is 5.64. The Hall–Kier alpha value is -1.87. The molecule has 2 atom stereocenters. The number of aliphatic carboxylic acids is 1. The highest BCUT2D eigenvalue weighted by Crippen LogP contribution is 2.50. The molecule has 1 aliphatic heterocycles. The fourth-order valence-electron chi connectivity index (χ4n) is 4.99. The van der Waals surface area contributed by atoms with E-state index < -0.39 is 5.97 Å². The van der Waals surface area contributed by atoms with Crippen LogP contribution in [0, 0.1) is 12.8 Å². The van der Waals surface area contributed by atoms with Crippen molar-refractivity contribution in [2.45, 2.75) is 77.9 Å². The summed E-state index contributed by atoms with van der Waals surface area (Å²) in [6.45, 7) is 12.7. The molecule has 1 aromatic rings. The van der Waals surface area contributed by atoms with Crippen LogP contribution in [0.1, 0.15) is 82.1 Å². The third kappa shape index (κ3) is 3.89. The second-order valence-electron chi connectivity index (χ2n) is 9.16. The van der Waals surface area contributed by atoms with Gasteiger partial charge in [-0.05, 0) is 94.0 Å². The van der Waals surface area contributed by atoms with Gasteiger partial charge in [0.05, 0.1) is 11.2 Å². The van der Waals surface area contributed by atoms with E-state index in [1.54, 1.807) is 0 Å². The van der Waals surface area contributed by atoms with Crippen LogP contribution >= 0.6 is 0 Å². The molecule has 3 nitrogen and oxygen atoms in total. The van der Waals surface area contributed by atoms with Crippen molar-refractivity contribution in [3.63, 3.8) is 0 Å². The van der Waals surface area contributed by atoms with Crippen molar-refractivity contribution < 1.29 is 14.6 Å². The van der Waals surface area contributed by atoms with Gasteiger partial charge in [0.15, 0.2) is 0 Å². The Balaban J connectivity index is 1.95. The molecule has 3 rings (SSSR count). The third-order valence-corrected chi connectivity index (χ3v) is 6.14. The number of carboxylic acid groups (broad SMARTS) is 1. The van der Waals surface area contributed by atoms with Gasteiger partial charge in [-0.25, -0.2) is 4.79 Å². The Bertz CT molecular complexity index is 811. The minimum Gasteiger partial charge on any atom is -0.478 e. The maximum Gasteiger partial charge on any atom is 0.328 e. The predicted molar refractivity (Wildman–Crippen MR) is 109 cm³/mol. The second-order valence-corrected chi connectivity index (χ2v) is 9.16. The summed E-state index contributed by atoms with van der Waals surface area (Å²) in [5, 5.41) is 8.90. The smallest absolute Gasteiger partial charge is 0.328 e. The largest absolute Gasteiger partial charge is 0.478 e. The van der Waals surface area contributed by atoms with Crippen molar-refractivity contribution in [1.82, 2.24) is 0 Å². The van der Waals surface area contributed by atoms with Gasteiger partial charge in [0.1, 0.15) is 0 Å². The number of ether oxygens (including phenoxy) is 1. The van der Waals surface area contributed by atoms with E-state index in [1.807, 2.05) is 13.0 Å². The average Bonchev–Trinajstić information content (AvgIpc) is 3.05. The number of fused-ring (bicyclic) bond motifs is 1. The SMILES string of the molecule is CC(C=CC1CCCC1c1cc2c(cc1C)C(C)(C)OC2(C)C)=CC(=O)O. The number of aryl methyl sites for hydroxylation is 1. The molecular weight excluding hydrogens is 336 g/mol. The summed E-state index contributed by atoms with van der Waals surface area (Å²) in [5.74, 6) is 0.0560. The molecule has 27 heavy (non-hydrogen) atoms. The number of hydrogen-bond donors (Lipinski definition) is 1. The van der Waals surface area contributed by atoms with Gasteiger partial charge in [-0.15, -0.1) is 0 Å². The summed E-state index contributed by atoms with van der Waals surface area (Å²) < 4.78 is 6.34. The number of carboxylic acids is 1. The first kappa shape index (κ1) is 19.9. The van der Waals surface area contributed by atoms with Gasteiger partial charge in [-0.3, -0.25) is 0 Å². The maximum absolute atomic E-state index is 10.8. The van der Waals surface area contributed by atoms with Gasteiger partial charge >= 0.3 is 5.97 Å². The topological polar surface area (TPSA) is 46.5 Å². The fraction of sp³-hybridized carbons (Fsp3) is 0.542. The Kier molecular flexibility index (Phi) is 5.11. The highest BCUT2D eigenvalue weighted by Gasteiger charge is 2.44. The lowest BCUT2D eigenvalue weighted by Gasteiger charge is -2.25. The van der Waals surface area contributed by atoms with E-state index in [0.717, 1.165) is 12.0 Å². The van der Waals surface area contributed by atoms with Crippen LogP contribution in [0.4, 0.5) is 0 Å². The number of benzene rings is 1. The summed E-state index contributed by atoms with van der Waals surface area (Å²) in [6.07, 6.45) is 9.00. The van der Waals surface area contributed by atoms with Crippen molar-refractivity contribution >= 4 is 5.97 Å². The van der Waals surface area contributed by atoms with E-state index in [4.69, 9.17) is 9.84 Å². The first-order valence-corrected chi connectivity index (χ1v) is 9.96. The molecule has 0 radical (unpaired) electrons. The van der Waals surface area contributed by atoms with Gasteiger partial charge in [0.2, 0.25) is 0 Å². The number of allylic oxidation sites excluding steroid dienone is 3. The Labute approximate surface area is 163 Å². The first-order chi connectivity index (χ1) is 12.5. The standard InChI is InChI=1S/C24H32O3/c1-15(12-22(25)26)10-11-17-8-7-9-18(17)19-14-21-20(13-16(19)2)23(3,4)27-24(21,5)6/h10-14,17-18H,7-9H2,1-6H3,(H,25,26). The van der Waals surface area contributed by atoms with E-state index in [-0.39, 0.29) is 11.2 Å². The highest BCUT2D eigenvalue weighted by molar-refractivity contribution is 5.81. The van der Waals surface area contributed by atoms with Crippen LogP contribution in [-0.2, 0) is 20.7 Å². The molecule has 2 unspecified atom stereocenters. The van der Waals surface area contributed by atoms with E-state index in [9.17, 15) is 4.79 Å². The van der Waals surface area contributed by atoms with Crippen LogP contribution < -0.4 is 0 Å².